The van der Waals surface area contributed by atoms with E-state index < -0.39 is 5.97 Å². The molecule has 2 aromatic heterocycles. The molecule has 0 saturated heterocycles. The van der Waals surface area contributed by atoms with Crippen molar-refractivity contribution in [3.05, 3.63) is 10.0 Å². The minimum atomic E-state index is -0.504. The van der Waals surface area contributed by atoms with Crippen LogP contribution in [0.4, 0.5) is 0 Å². The number of aromatic nitrogens is 5. The lowest BCUT2D eigenvalue weighted by atomic mass is 10.6. The number of thiazole rings is 1. The van der Waals surface area contributed by atoms with Crippen LogP contribution < -0.4 is 0 Å². The summed E-state index contributed by atoms with van der Waals surface area (Å²) in [7, 11) is 3.00. The Hall–Kier alpha value is -1.19. The molecule has 10 heteroatoms. The molecular formula is C7H6ClN5O2S2. The quantitative estimate of drug-likeness (QED) is 0.787. The number of tetrazole rings is 1. The number of hydrogen-bond acceptors (Lipinski definition) is 8. The molecule has 0 fully saturated rings. The topological polar surface area (TPSA) is 82.8 Å². The zero-order valence-corrected chi connectivity index (χ0v) is 11.1. The summed E-state index contributed by atoms with van der Waals surface area (Å²) in [6, 6.07) is 0. The van der Waals surface area contributed by atoms with E-state index in [2.05, 4.69) is 25.2 Å². The third kappa shape index (κ3) is 2.56. The van der Waals surface area contributed by atoms with Crippen molar-refractivity contribution < 1.29 is 9.53 Å². The lowest BCUT2D eigenvalue weighted by molar-refractivity contribution is 0.0606. The molecule has 90 valence electrons. The normalized spacial score (nSPS) is 10.5. The molecule has 0 aliphatic rings. The minimum absolute atomic E-state index is 0.125. The Kier molecular flexibility index (Phi) is 3.60. The molecule has 0 atom stereocenters. The Labute approximate surface area is 109 Å². The highest BCUT2D eigenvalue weighted by atomic mass is 35.5. The number of carbonyl (C=O) groups excluding carboxylic acids is 1. The van der Waals surface area contributed by atoms with Gasteiger partial charge >= 0.3 is 5.97 Å². The Morgan fingerprint density at radius 1 is 1.59 bits per heavy atom. The first-order valence-electron chi connectivity index (χ1n) is 4.26. The molecule has 2 aromatic rings. The molecule has 17 heavy (non-hydrogen) atoms. The molecule has 0 amide bonds. The molecule has 2 rings (SSSR count). The van der Waals surface area contributed by atoms with Crippen LogP contribution in [-0.2, 0) is 11.8 Å². The van der Waals surface area contributed by atoms with Crippen LogP contribution in [0.25, 0.3) is 0 Å². The van der Waals surface area contributed by atoms with Crippen molar-refractivity contribution in [1.82, 2.24) is 25.2 Å². The zero-order valence-electron chi connectivity index (χ0n) is 8.75. The van der Waals surface area contributed by atoms with Gasteiger partial charge in [0.2, 0.25) is 5.16 Å². The van der Waals surface area contributed by atoms with Crippen molar-refractivity contribution in [2.45, 2.75) is 9.50 Å². The minimum Gasteiger partial charge on any atom is -0.465 e. The average Bonchev–Trinajstić information content (AvgIpc) is 2.86. The fourth-order valence-electron chi connectivity index (χ4n) is 0.931. The van der Waals surface area contributed by atoms with E-state index in [0.29, 0.717) is 9.50 Å². The van der Waals surface area contributed by atoms with Gasteiger partial charge in [-0.05, 0) is 22.2 Å². The van der Waals surface area contributed by atoms with E-state index in [-0.39, 0.29) is 10.0 Å². The molecule has 0 aromatic carbocycles. The smallest absolute Gasteiger partial charge is 0.351 e. The van der Waals surface area contributed by atoms with Gasteiger partial charge < -0.3 is 4.74 Å². The summed E-state index contributed by atoms with van der Waals surface area (Å²) in [5.41, 5.74) is 0. The fourth-order valence-corrected chi connectivity index (χ4v) is 3.10. The number of halogens is 1. The van der Waals surface area contributed by atoms with Crippen LogP contribution in [0.3, 0.4) is 0 Å². The van der Waals surface area contributed by atoms with Gasteiger partial charge in [-0.2, -0.15) is 0 Å². The van der Waals surface area contributed by atoms with Crippen molar-refractivity contribution in [3.8, 4) is 0 Å². The molecule has 0 bridgehead atoms. The van der Waals surface area contributed by atoms with Crippen LogP contribution in [0.5, 0.6) is 0 Å². The van der Waals surface area contributed by atoms with Gasteiger partial charge in [-0.1, -0.05) is 22.9 Å². The Bertz CT molecular complexity index is 554. The zero-order chi connectivity index (χ0) is 12.4. The second-order valence-electron chi connectivity index (χ2n) is 2.78. The number of methoxy groups -OCH3 is 1. The summed E-state index contributed by atoms with van der Waals surface area (Å²) in [4.78, 5) is 15.6. The Morgan fingerprint density at radius 2 is 2.35 bits per heavy atom. The lowest BCUT2D eigenvalue weighted by Crippen LogP contribution is -1.98. The Balaban J connectivity index is 2.24. The Morgan fingerprint density at radius 3 is 2.94 bits per heavy atom. The predicted octanol–water partition coefficient (Wildman–Crippen LogP) is 1.26. The fraction of sp³-hybridized carbons (Fsp3) is 0.286. The van der Waals surface area contributed by atoms with Gasteiger partial charge in [0.15, 0.2) is 14.4 Å². The summed E-state index contributed by atoms with van der Waals surface area (Å²) < 4.78 is 6.66. The summed E-state index contributed by atoms with van der Waals surface area (Å²) >= 11 is 8.19. The molecule has 0 spiro atoms. The maximum Gasteiger partial charge on any atom is 0.351 e. The van der Waals surface area contributed by atoms with Gasteiger partial charge in [-0.15, -0.1) is 5.10 Å². The van der Waals surface area contributed by atoms with Crippen LogP contribution in [0, 0.1) is 0 Å². The second-order valence-corrected chi connectivity index (χ2v) is 5.35. The third-order valence-corrected chi connectivity index (χ3v) is 4.21. The molecular weight excluding hydrogens is 286 g/mol. The first-order chi connectivity index (χ1) is 8.11. The second kappa shape index (κ2) is 4.98. The number of nitrogens with zero attached hydrogens (tertiary/aromatic N) is 5. The highest BCUT2D eigenvalue weighted by Crippen LogP contribution is 2.33. The van der Waals surface area contributed by atoms with Gasteiger partial charge in [-0.3, -0.25) is 0 Å². The molecule has 0 saturated carbocycles. The predicted molar refractivity (Wildman–Crippen MR) is 61.4 cm³/mol. The van der Waals surface area contributed by atoms with Crippen LogP contribution in [-0.4, -0.2) is 38.3 Å². The van der Waals surface area contributed by atoms with Gasteiger partial charge in [-0.25, -0.2) is 14.5 Å². The molecule has 0 unspecified atom stereocenters. The largest absolute Gasteiger partial charge is 0.465 e. The van der Waals surface area contributed by atoms with E-state index in [1.54, 1.807) is 7.05 Å². The van der Waals surface area contributed by atoms with Gasteiger partial charge in [0.1, 0.15) is 0 Å². The van der Waals surface area contributed by atoms with E-state index in [1.165, 1.54) is 23.6 Å². The lowest BCUT2D eigenvalue weighted by Gasteiger charge is -1.93. The van der Waals surface area contributed by atoms with Crippen molar-refractivity contribution in [2.24, 2.45) is 7.05 Å². The van der Waals surface area contributed by atoms with E-state index in [4.69, 9.17) is 11.6 Å². The van der Waals surface area contributed by atoms with Crippen molar-refractivity contribution in [2.75, 3.05) is 7.11 Å². The van der Waals surface area contributed by atoms with E-state index in [0.717, 1.165) is 11.3 Å². The van der Waals surface area contributed by atoms with Gasteiger partial charge in [0.05, 0.1) is 7.11 Å². The number of hydrogen-bond donors (Lipinski definition) is 0. The number of aryl methyl sites for hydroxylation is 1. The number of esters is 1. The van der Waals surface area contributed by atoms with Crippen LogP contribution in [0.2, 0.25) is 5.15 Å². The van der Waals surface area contributed by atoms with E-state index in [9.17, 15) is 4.79 Å². The molecule has 0 aliphatic carbocycles. The summed E-state index contributed by atoms with van der Waals surface area (Å²) in [6.45, 7) is 0. The SMILES string of the molecule is COC(=O)c1sc(Sc2nnnn2C)nc1Cl. The maximum absolute atomic E-state index is 11.3. The third-order valence-electron chi connectivity index (χ3n) is 1.70. The molecule has 0 aliphatic heterocycles. The van der Waals surface area contributed by atoms with Crippen molar-refractivity contribution >= 4 is 40.7 Å². The summed E-state index contributed by atoms with van der Waals surface area (Å²) in [5.74, 6) is -0.504. The number of rotatable bonds is 3. The first kappa shape index (κ1) is 12.3. The molecule has 0 N–H and O–H groups in total. The number of carbonyl (C=O) groups is 1. The van der Waals surface area contributed by atoms with Crippen molar-refractivity contribution in [3.63, 3.8) is 0 Å². The highest BCUT2D eigenvalue weighted by Gasteiger charge is 2.19. The monoisotopic (exact) mass is 291 g/mol. The average molecular weight is 292 g/mol. The van der Waals surface area contributed by atoms with E-state index >= 15 is 0 Å². The van der Waals surface area contributed by atoms with Gasteiger partial charge in [0.25, 0.3) is 0 Å². The van der Waals surface area contributed by atoms with Crippen molar-refractivity contribution in [1.29, 1.82) is 0 Å². The standard InChI is InChI=1S/C7H6ClN5O2S2/c1-13-6(10-11-12-13)17-7-9-4(8)3(16-7)5(14)15-2/h1-2H3. The molecule has 0 radical (unpaired) electrons. The number of ether oxygens (including phenoxy) is 1. The van der Waals surface area contributed by atoms with Gasteiger partial charge in [0, 0.05) is 7.05 Å². The highest BCUT2D eigenvalue weighted by molar-refractivity contribution is 8.00. The van der Waals surface area contributed by atoms with Crippen LogP contribution in [0.1, 0.15) is 9.67 Å². The van der Waals surface area contributed by atoms with E-state index in [1.807, 2.05) is 0 Å². The van der Waals surface area contributed by atoms with Crippen LogP contribution in [0.15, 0.2) is 9.50 Å². The first-order valence-corrected chi connectivity index (χ1v) is 6.27. The maximum atomic E-state index is 11.3. The summed E-state index contributed by atoms with van der Waals surface area (Å²) in [5, 5.41) is 11.6. The molecule has 2 heterocycles. The summed E-state index contributed by atoms with van der Waals surface area (Å²) in [6.07, 6.45) is 0. The van der Waals surface area contributed by atoms with Crippen LogP contribution >= 0.6 is 34.7 Å². The molecule has 7 nitrogen and oxygen atoms in total.